The smallest absolute Gasteiger partial charge is 0.326 e. The molecule has 2 saturated heterocycles. The van der Waals surface area contributed by atoms with E-state index >= 15 is 0 Å². The van der Waals surface area contributed by atoms with Gasteiger partial charge >= 0.3 is 6.03 Å². The van der Waals surface area contributed by atoms with Crippen molar-refractivity contribution < 1.29 is 4.79 Å². The number of nitrogens with zero attached hydrogens (tertiary/aromatic N) is 4. The number of urea groups is 1. The highest BCUT2D eigenvalue weighted by atomic mass is 16.2. The normalized spacial score (nSPS) is 22.7. The molecule has 38 heavy (non-hydrogen) atoms. The first-order chi connectivity index (χ1) is 18.6. The van der Waals surface area contributed by atoms with Crippen molar-refractivity contribution in [2.45, 2.75) is 77.0 Å². The van der Waals surface area contributed by atoms with Crippen LogP contribution in [0, 0.1) is 13.8 Å². The molecule has 3 atom stereocenters. The maximum Gasteiger partial charge on any atom is 0.326 e. The molecule has 7 nitrogen and oxygen atoms in total. The number of aryl methyl sites for hydroxylation is 2. The fourth-order valence-electron chi connectivity index (χ4n) is 6.97. The number of nitrogens with one attached hydrogen (secondary N) is 2. The first-order valence-electron chi connectivity index (χ1n) is 14.3. The summed E-state index contributed by atoms with van der Waals surface area (Å²) in [5.41, 5.74) is 5.68. The Balaban J connectivity index is 1.10. The Morgan fingerprint density at radius 3 is 2.50 bits per heavy atom. The summed E-state index contributed by atoms with van der Waals surface area (Å²) in [7, 11) is 0. The largest absolute Gasteiger partial charge is 0.329 e. The van der Waals surface area contributed by atoms with Crippen molar-refractivity contribution in [3.8, 4) is 0 Å². The van der Waals surface area contributed by atoms with Crippen molar-refractivity contribution in [1.29, 1.82) is 0 Å². The van der Waals surface area contributed by atoms with E-state index < -0.39 is 0 Å². The monoisotopic (exact) mass is 512 g/mol. The minimum atomic E-state index is -0.0726. The zero-order valence-electron chi connectivity index (χ0n) is 22.7. The Hall–Kier alpha value is -3.16. The summed E-state index contributed by atoms with van der Waals surface area (Å²) in [5, 5.41) is 6.57. The fraction of sp³-hybridized carbons (Fsp3) is 0.484. The lowest BCUT2D eigenvalue weighted by Crippen LogP contribution is -2.45. The van der Waals surface area contributed by atoms with Crippen LogP contribution in [0.4, 0.5) is 16.2 Å². The molecular formula is C31H40N6O. The average molecular weight is 513 g/mol. The van der Waals surface area contributed by atoms with Gasteiger partial charge in [0.1, 0.15) is 5.82 Å². The van der Waals surface area contributed by atoms with Gasteiger partial charge in [0.05, 0.1) is 5.69 Å². The standard InChI is InChI=1S/C31H40N6O/c1-22-9-11-24(12-10-22)34-31(38)36(25-7-4-3-5-8-25)18-6-17-35-26-13-14-27(35)20-28(19-26)37-23(2)33-29-21-32-16-15-30(29)37/h3-5,7-12,26-28,32H,6,13-21H2,1-2H3,(H,34,38)/t26-,27+,28?. The second kappa shape index (κ2) is 10.9. The fourth-order valence-corrected chi connectivity index (χ4v) is 6.97. The van der Waals surface area contributed by atoms with Crippen molar-refractivity contribution in [2.24, 2.45) is 0 Å². The van der Waals surface area contributed by atoms with Crippen LogP contribution >= 0.6 is 0 Å². The number of carbonyl (C=O) groups is 1. The number of benzene rings is 2. The SMILES string of the molecule is Cc1ccc(NC(=O)N(CCCN2[C@@H]3CC[C@H]2CC(n2c(C)nc4c2CCNC4)C3)c2ccccc2)cc1. The van der Waals surface area contributed by atoms with Crippen LogP contribution in [0.5, 0.6) is 0 Å². The summed E-state index contributed by atoms with van der Waals surface area (Å²) in [6.45, 7) is 7.94. The maximum absolute atomic E-state index is 13.3. The molecule has 0 saturated carbocycles. The molecule has 2 aromatic carbocycles. The van der Waals surface area contributed by atoms with E-state index in [1.165, 1.54) is 48.5 Å². The van der Waals surface area contributed by atoms with E-state index in [1.54, 1.807) is 0 Å². The van der Waals surface area contributed by atoms with E-state index in [0.29, 0.717) is 24.7 Å². The number of piperidine rings is 1. The molecule has 1 unspecified atom stereocenters. The van der Waals surface area contributed by atoms with Crippen LogP contribution in [0.3, 0.4) is 0 Å². The predicted octanol–water partition coefficient (Wildman–Crippen LogP) is 5.44. The van der Waals surface area contributed by atoms with Gasteiger partial charge in [0.2, 0.25) is 0 Å². The molecule has 3 aliphatic rings. The average Bonchev–Trinajstić information content (AvgIpc) is 3.38. The third kappa shape index (κ3) is 5.09. The summed E-state index contributed by atoms with van der Waals surface area (Å²) in [5.74, 6) is 1.19. The van der Waals surface area contributed by atoms with Gasteiger partial charge < -0.3 is 15.2 Å². The van der Waals surface area contributed by atoms with Crippen LogP contribution in [0.15, 0.2) is 54.6 Å². The van der Waals surface area contributed by atoms with Crippen LogP contribution in [0.2, 0.25) is 0 Å². The lowest BCUT2D eigenvalue weighted by Gasteiger charge is -2.40. The summed E-state index contributed by atoms with van der Waals surface area (Å²) >= 11 is 0. The van der Waals surface area contributed by atoms with E-state index in [0.717, 1.165) is 43.9 Å². The highest BCUT2D eigenvalue weighted by Crippen LogP contribution is 2.42. The molecule has 200 valence electrons. The second-order valence-corrected chi connectivity index (χ2v) is 11.2. The van der Waals surface area contributed by atoms with Gasteiger partial charge in [-0.3, -0.25) is 9.80 Å². The zero-order valence-corrected chi connectivity index (χ0v) is 22.7. The number of amides is 2. The number of anilines is 2. The number of hydrogen-bond donors (Lipinski definition) is 2. The van der Waals surface area contributed by atoms with Crippen LogP contribution < -0.4 is 15.5 Å². The molecule has 2 amide bonds. The van der Waals surface area contributed by atoms with Crippen molar-refractivity contribution in [3.05, 3.63) is 77.4 Å². The molecule has 2 N–H and O–H groups in total. The quantitative estimate of drug-likeness (QED) is 0.442. The number of hydrogen-bond acceptors (Lipinski definition) is 4. The third-order valence-electron chi connectivity index (χ3n) is 8.74. The first-order valence-corrected chi connectivity index (χ1v) is 14.3. The van der Waals surface area contributed by atoms with Crippen molar-refractivity contribution in [2.75, 3.05) is 29.9 Å². The molecule has 4 heterocycles. The maximum atomic E-state index is 13.3. The minimum Gasteiger partial charge on any atom is -0.329 e. The lowest BCUT2D eigenvalue weighted by molar-refractivity contribution is 0.104. The van der Waals surface area contributed by atoms with Gasteiger partial charge in [0.25, 0.3) is 0 Å². The number of para-hydroxylation sites is 1. The van der Waals surface area contributed by atoms with Crippen LogP contribution in [-0.4, -0.2) is 52.2 Å². The molecular weight excluding hydrogens is 472 g/mol. The number of imidazole rings is 1. The van der Waals surface area contributed by atoms with E-state index in [-0.39, 0.29) is 6.03 Å². The van der Waals surface area contributed by atoms with Gasteiger partial charge in [-0.05, 0) is 70.2 Å². The van der Waals surface area contributed by atoms with Crippen LogP contribution in [0.1, 0.15) is 60.9 Å². The molecule has 0 aliphatic carbocycles. The molecule has 7 heteroatoms. The van der Waals surface area contributed by atoms with Crippen LogP contribution in [-0.2, 0) is 13.0 Å². The van der Waals surface area contributed by atoms with Gasteiger partial charge in [0.15, 0.2) is 0 Å². The molecule has 3 aliphatic heterocycles. The van der Waals surface area contributed by atoms with Crippen molar-refractivity contribution >= 4 is 17.4 Å². The highest BCUT2D eigenvalue weighted by molar-refractivity contribution is 6.01. The number of aromatic nitrogens is 2. The topological polar surface area (TPSA) is 65.4 Å². The highest BCUT2D eigenvalue weighted by Gasteiger charge is 2.42. The second-order valence-electron chi connectivity index (χ2n) is 11.2. The molecule has 1 aromatic heterocycles. The van der Waals surface area contributed by atoms with Gasteiger partial charge in [-0.1, -0.05) is 35.9 Å². The Morgan fingerprint density at radius 1 is 1.03 bits per heavy atom. The predicted molar refractivity (Wildman–Crippen MR) is 153 cm³/mol. The Labute approximate surface area is 226 Å². The van der Waals surface area contributed by atoms with E-state index in [4.69, 9.17) is 4.98 Å². The number of fused-ring (bicyclic) bond motifs is 3. The van der Waals surface area contributed by atoms with Gasteiger partial charge in [-0.25, -0.2) is 9.78 Å². The van der Waals surface area contributed by atoms with Crippen LogP contribution in [0.25, 0.3) is 0 Å². The van der Waals surface area contributed by atoms with Gasteiger partial charge in [0, 0.05) is 67.8 Å². The van der Waals surface area contributed by atoms with Gasteiger partial charge in [-0.2, -0.15) is 0 Å². The minimum absolute atomic E-state index is 0.0726. The number of rotatable bonds is 7. The first kappa shape index (κ1) is 25.1. The summed E-state index contributed by atoms with van der Waals surface area (Å²) in [4.78, 5) is 22.9. The molecule has 0 radical (unpaired) electrons. The Morgan fingerprint density at radius 2 is 1.76 bits per heavy atom. The van der Waals surface area contributed by atoms with E-state index in [9.17, 15) is 4.79 Å². The molecule has 3 aromatic rings. The molecule has 2 bridgehead atoms. The van der Waals surface area contributed by atoms with Crippen molar-refractivity contribution in [3.63, 3.8) is 0 Å². The molecule has 2 fully saturated rings. The van der Waals surface area contributed by atoms with Gasteiger partial charge in [-0.15, -0.1) is 0 Å². The summed E-state index contributed by atoms with van der Waals surface area (Å²) in [6.07, 6.45) is 7.04. The molecule has 6 rings (SSSR count). The summed E-state index contributed by atoms with van der Waals surface area (Å²) in [6, 6.07) is 19.8. The van der Waals surface area contributed by atoms with Crippen molar-refractivity contribution in [1.82, 2.24) is 19.8 Å². The van der Waals surface area contributed by atoms with E-state index in [1.807, 2.05) is 59.5 Å². The molecule has 0 spiro atoms. The Bertz CT molecular complexity index is 1240. The zero-order chi connectivity index (χ0) is 26.1. The third-order valence-corrected chi connectivity index (χ3v) is 8.74. The Kier molecular flexibility index (Phi) is 7.22. The summed E-state index contributed by atoms with van der Waals surface area (Å²) < 4.78 is 2.59. The lowest BCUT2D eigenvalue weighted by atomic mass is 9.96. The van der Waals surface area contributed by atoms with E-state index in [2.05, 4.69) is 33.9 Å². The number of carbonyl (C=O) groups excluding carboxylic acids is 1.